The molecule has 0 aliphatic rings. The number of hydrogen-bond donors (Lipinski definition) is 3. The Kier molecular flexibility index (Phi) is 8.46. The first-order valence-electron chi connectivity index (χ1n) is 10.3. The Labute approximate surface area is 200 Å². The van der Waals surface area contributed by atoms with Gasteiger partial charge in [-0.3, -0.25) is 19.4 Å². The number of carbonyl (C=O) groups excluding carboxylic acids is 3. The van der Waals surface area contributed by atoms with Gasteiger partial charge in [0.25, 0.3) is 11.8 Å². The third-order valence-corrected chi connectivity index (χ3v) is 5.91. The van der Waals surface area contributed by atoms with Crippen molar-refractivity contribution in [2.75, 3.05) is 46.3 Å². The van der Waals surface area contributed by atoms with Crippen molar-refractivity contribution < 1.29 is 23.9 Å². The van der Waals surface area contributed by atoms with Crippen LogP contribution in [0.5, 0.6) is 0 Å². The summed E-state index contributed by atoms with van der Waals surface area (Å²) < 4.78 is 14.1. The highest BCUT2D eigenvalue weighted by Gasteiger charge is 2.34. The number of pyridine rings is 1. The van der Waals surface area contributed by atoms with Gasteiger partial charge in [-0.15, -0.1) is 0 Å². The number of benzene rings is 1. The number of nitrogens with zero attached hydrogens (tertiary/aromatic N) is 3. The standard InChI is InChI=1S/C22H26N6O5S/c1-32-10-8-26-21(30)18(14-5-6-15-13(12-14)4-3-7-25-15)28(9-11-33-2)22(31)19-16(23)17(20(24)29)27-34-19/h3-7,12,18H,8-11,23H2,1-2H3,(H2,24,29)(H,26,30). The van der Waals surface area contributed by atoms with Gasteiger partial charge in [0.05, 0.1) is 24.4 Å². The number of anilines is 1. The van der Waals surface area contributed by atoms with Crippen LogP contribution in [0.25, 0.3) is 10.9 Å². The maximum atomic E-state index is 13.6. The molecule has 3 amide bonds. The zero-order chi connectivity index (χ0) is 24.7. The summed E-state index contributed by atoms with van der Waals surface area (Å²) >= 11 is 0.753. The van der Waals surface area contributed by atoms with Gasteiger partial charge in [0, 0.05) is 38.9 Å². The van der Waals surface area contributed by atoms with Gasteiger partial charge in [-0.25, -0.2) is 0 Å². The fourth-order valence-corrected chi connectivity index (χ4v) is 4.17. The molecule has 0 spiro atoms. The second-order valence-corrected chi connectivity index (χ2v) is 8.04. The van der Waals surface area contributed by atoms with E-state index in [4.69, 9.17) is 20.9 Å². The molecule has 1 aromatic carbocycles. The number of nitrogens with one attached hydrogen (secondary N) is 1. The van der Waals surface area contributed by atoms with Crippen molar-refractivity contribution in [3.8, 4) is 0 Å². The lowest BCUT2D eigenvalue weighted by atomic mass is 10.0. The number of fused-ring (bicyclic) bond motifs is 1. The van der Waals surface area contributed by atoms with Gasteiger partial charge < -0.3 is 31.2 Å². The molecular weight excluding hydrogens is 460 g/mol. The van der Waals surface area contributed by atoms with Gasteiger partial charge in [0.2, 0.25) is 5.91 Å². The second kappa shape index (κ2) is 11.5. The van der Waals surface area contributed by atoms with Crippen LogP contribution in [0.3, 0.4) is 0 Å². The molecule has 2 heterocycles. The van der Waals surface area contributed by atoms with Crippen molar-refractivity contribution in [3.63, 3.8) is 0 Å². The number of aromatic nitrogens is 2. The SMILES string of the molecule is COCCNC(=O)C(c1ccc2ncccc2c1)N(CCOC)C(=O)c1snc(C(N)=O)c1N. The number of carbonyl (C=O) groups is 3. The Bertz CT molecular complexity index is 1180. The Morgan fingerprint density at radius 3 is 2.62 bits per heavy atom. The molecule has 0 fully saturated rings. The van der Waals surface area contributed by atoms with Crippen molar-refractivity contribution >= 4 is 45.8 Å². The molecule has 12 heteroatoms. The summed E-state index contributed by atoms with van der Waals surface area (Å²) in [5.41, 5.74) is 12.3. The molecule has 0 bridgehead atoms. The van der Waals surface area contributed by atoms with E-state index in [1.807, 2.05) is 6.07 Å². The molecule has 0 aliphatic carbocycles. The second-order valence-electron chi connectivity index (χ2n) is 7.27. The van der Waals surface area contributed by atoms with Gasteiger partial charge in [-0.2, -0.15) is 4.37 Å². The largest absolute Gasteiger partial charge is 0.395 e. The fourth-order valence-electron chi connectivity index (χ4n) is 3.41. The van der Waals surface area contributed by atoms with Crippen LogP contribution >= 0.6 is 11.5 Å². The van der Waals surface area contributed by atoms with E-state index in [1.54, 1.807) is 30.5 Å². The molecule has 2 aromatic heterocycles. The topological polar surface area (TPSA) is 163 Å². The highest BCUT2D eigenvalue weighted by atomic mass is 32.1. The summed E-state index contributed by atoms with van der Waals surface area (Å²) in [4.78, 5) is 44.2. The fraction of sp³-hybridized carbons (Fsp3) is 0.318. The lowest BCUT2D eigenvalue weighted by molar-refractivity contribution is -0.126. The van der Waals surface area contributed by atoms with Crippen molar-refractivity contribution in [1.29, 1.82) is 0 Å². The molecular formula is C22H26N6O5S. The number of rotatable bonds is 11. The quantitative estimate of drug-likeness (QED) is 0.338. The molecule has 11 nitrogen and oxygen atoms in total. The van der Waals surface area contributed by atoms with Crippen molar-refractivity contribution in [1.82, 2.24) is 19.6 Å². The van der Waals surface area contributed by atoms with E-state index in [0.29, 0.717) is 12.2 Å². The van der Waals surface area contributed by atoms with E-state index >= 15 is 0 Å². The third-order valence-electron chi connectivity index (χ3n) is 5.06. The summed E-state index contributed by atoms with van der Waals surface area (Å²) in [5, 5.41) is 3.61. The van der Waals surface area contributed by atoms with E-state index in [1.165, 1.54) is 19.1 Å². The molecule has 5 N–H and O–H groups in total. The molecule has 3 rings (SSSR count). The molecule has 1 atom stereocenters. The number of methoxy groups -OCH3 is 2. The Balaban J connectivity index is 2.08. The first kappa shape index (κ1) is 25.0. The number of nitrogens with two attached hydrogens (primary N) is 2. The molecule has 0 saturated heterocycles. The number of ether oxygens (including phenoxy) is 2. The van der Waals surface area contributed by atoms with Crippen molar-refractivity contribution in [2.45, 2.75) is 6.04 Å². The van der Waals surface area contributed by atoms with Crippen LogP contribution in [0.15, 0.2) is 36.5 Å². The minimum atomic E-state index is -1.03. The van der Waals surface area contributed by atoms with Crippen molar-refractivity contribution in [3.05, 3.63) is 52.7 Å². The Morgan fingerprint density at radius 2 is 1.94 bits per heavy atom. The summed E-state index contributed by atoms with van der Waals surface area (Å²) in [7, 11) is 3.02. The zero-order valence-corrected chi connectivity index (χ0v) is 19.6. The third kappa shape index (κ3) is 5.47. The molecule has 0 saturated carbocycles. The van der Waals surface area contributed by atoms with Crippen molar-refractivity contribution in [2.24, 2.45) is 5.73 Å². The van der Waals surface area contributed by atoms with Crippen LogP contribution in [0.4, 0.5) is 5.69 Å². The number of primary amides is 1. The number of hydrogen-bond acceptors (Lipinski definition) is 9. The van der Waals surface area contributed by atoms with Gasteiger partial charge in [-0.1, -0.05) is 12.1 Å². The van der Waals surface area contributed by atoms with Crippen LogP contribution in [-0.2, 0) is 14.3 Å². The lowest BCUT2D eigenvalue weighted by Crippen LogP contribution is -2.45. The summed E-state index contributed by atoms with van der Waals surface area (Å²) in [6.07, 6.45) is 1.67. The lowest BCUT2D eigenvalue weighted by Gasteiger charge is -2.31. The highest BCUT2D eigenvalue weighted by Crippen LogP contribution is 2.30. The highest BCUT2D eigenvalue weighted by molar-refractivity contribution is 7.09. The van der Waals surface area contributed by atoms with Gasteiger partial charge >= 0.3 is 0 Å². The van der Waals surface area contributed by atoms with Crippen LogP contribution in [0.1, 0.15) is 31.8 Å². The minimum Gasteiger partial charge on any atom is -0.395 e. The van der Waals surface area contributed by atoms with Crippen LogP contribution in [0.2, 0.25) is 0 Å². The molecule has 0 aliphatic heterocycles. The van der Waals surface area contributed by atoms with Crippen LogP contribution in [0, 0.1) is 0 Å². The van der Waals surface area contributed by atoms with E-state index in [0.717, 1.165) is 22.4 Å². The van der Waals surface area contributed by atoms with Crippen LogP contribution in [-0.4, -0.2) is 72.5 Å². The molecule has 1 unspecified atom stereocenters. The summed E-state index contributed by atoms with van der Waals surface area (Å²) in [5.74, 6) is -1.83. The maximum Gasteiger partial charge on any atom is 0.270 e. The average Bonchev–Trinajstić information content (AvgIpc) is 3.22. The van der Waals surface area contributed by atoms with Gasteiger partial charge in [-0.05, 0) is 35.3 Å². The molecule has 3 aromatic rings. The van der Waals surface area contributed by atoms with Gasteiger partial charge in [0.15, 0.2) is 5.69 Å². The van der Waals surface area contributed by atoms with E-state index in [9.17, 15) is 14.4 Å². The maximum absolute atomic E-state index is 13.6. The zero-order valence-electron chi connectivity index (χ0n) is 18.8. The first-order valence-corrected chi connectivity index (χ1v) is 11.1. The predicted octanol–water partition coefficient (Wildman–Crippen LogP) is 0.965. The number of amides is 3. The number of nitrogen functional groups attached to an aromatic ring is 1. The summed E-state index contributed by atoms with van der Waals surface area (Å²) in [6.45, 7) is 0.786. The van der Waals surface area contributed by atoms with Crippen LogP contribution < -0.4 is 16.8 Å². The summed E-state index contributed by atoms with van der Waals surface area (Å²) in [6, 6.07) is 7.97. The Morgan fingerprint density at radius 1 is 1.18 bits per heavy atom. The van der Waals surface area contributed by atoms with E-state index in [2.05, 4.69) is 14.7 Å². The van der Waals surface area contributed by atoms with Gasteiger partial charge in [0.1, 0.15) is 10.9 Å². The smallest absolute Gasteiger partial charge is 0.270 e. The predicted molar refractivity (Wildman–Crippen MR) is 127 cm³/mol. The monoisotopic (exact) mass is 486 g/mol. The van der Waals surface area contributed by atoms with E-state index < -0.39 is 23.8 Å². The molecule has 0 radical (unpaired) electrons. The Hall–Kier alpha value is -3.61. The van der Waals surface area contributed by atoms with E-state index in [-0.39, 0.29) is 36.0 Å². The average molecular weight is 487 g/mol. The molecule has 180 valence electrons. The molecule has 34 heavy (non-hydrogen) atoms. The minimum absolute atomic E-state index is 0.0158. The first-order chi connectivity index (χ1) is 16.4. The normalized spacial score (nSPS) is 11.8.